The van der Waals surface area contributed by atoms with Gasteiger partial charge in [0.25, 0.3) is 0 Å². The molecule has 14 heavy (non-hydrogen) atoms. The van der Waals surface area contributed by atoms with E-state index in [1.54, 1.807) is 13.8 Å². The van der Waals surface area contributed by atoms with Crippen LogP contribution in [0.2, 0.25) is 0 Å². The Morgan fingerprint density at radius 1 is 0.786 bits per heavy atom. The molecule has 0 aromatic heterocycles. The summed E-state index contributed by atoms with van der Waals surface area (Å²) >= 11 is 0. The molecule has 4 nitrogen and oxygen atoms in total. The molecule has 0 saturated heterocycles. The standard InChI is InChI=1S/C6H14O2.C4H10O2/c1-6(8)4-2-3-5-7;1-4(6)2-3-5/h6-8H,2-5H2,1H3;4-6H,2-3H2,1H3. The summed E-state index contributed by atoms with van der Waals surface area (Å²) in [6.45, 7) is 3.73. The lowest BCUT2D eigenvalue weighted by atomic mass is 10.2. The van der Waals surface area contributed by atoms with Crippen LogP contribution < -0.4 is 0 Å². The lowest BCUT2D eigenvalue weighted by Gasteiger charge is -1.99. The van der Waals surface area contributed by atoms with Gasteiger partial charge in [-0.05, 0) is 39.5 Å². The van der Waals surface area contributed by atoms with Crippen LogP contribution in [0.1, 0.15) is 39.5 Å². The first-order valence-electron chi connectivity index (χ1n) is 5.12. The summed E-state index contributed by atoms with van der Waals surface area (Å²) in [5.41, 5.74) is 0. The Kier molecular flexibility index (Phi) is 14.9. The van der Waals surface area contributed by atoms with Crippen LogP contribution in [0.3, 0.4) is 0 Å². The largest absolute Gasteiger partial charge is 0.396 e. The maximum absolute atomic E-state index is 8.70. The van der Waals surface area contributed by atoms with Gasteiger partial charge in [-0.15, -0.1) is 0 Å². The van der Waals surface area contributed by atoms with Crippen molar-refractivity contribution in [3.63, 3.8) is 0 Å². The van der Waals surface area contributed by atoms with Crippen molar-refractivity contribution < 1.29 is 20.4 Å². The van der Waals surface area contributed by atoms with Crippen molar-refractivity contribution in [2.24, 2.45) is 0 Å². The smallest absolute Gasteiger partial charge is 0.0533 e. The summed E-state index contributed by atoms with van der Waals surface area (Å²) in [5.74, 6) is 0. The number of hydrogen-bond donors (Lipinski definition) is 4. The molecule has 4 N–H and O–H groups in total. The molecule has 0 aromatic carbocycles. The lowest BCUT2D eigenvalue weighted by molar-refractivity contribution is 0.148. The van der Waals surface area contributed by atoms with E-state index in [-0.39, 0.29) is 25.4 Å². The fraction of sp³-hybridized carbons (Fsp3) is 1.00. The van der Waals surface area contributed by atoms with Crippen LogP contribution in [-0.2, 0) is 0 Å². The van der Waals surface area contributed by atoms with Gasteiger partial charge in [0.15, 0.2) is 0 Å². The second-order valence-corrected chi connectivity index (χ2v) is 3.43. The van der Waals surface area contributed by atoms with Gasteiger partial charge in [-0.3, -0.25) is 0 Å². The summed E-state index contributed by atoms with van der Waals surface area (Å²) in [5, 5.41) is 33.5. The summed E-state index contributed by atoms with van der Waals surface area (Å²) in [4.78, 5) is 0. The third-order valence-corrected chi connectivity index (χ3v) is 1.58. The average molecular weight is 208 g/mol. The van der Waals surface area contributed by atoms with E-state index in [1.165, 1.54) is 0 Å². The Morgan fingerprint density at radius 2 is 1.29 bits per heavy atom. The minimum Gasteiger partial charge on any atom is -0.396 e. The molecule has 0 aliphatic carbocycles. The first-order valence-corrected chi connectivity index (χ1v) is 5.12. The predicted octanol–water partition coefficient (Wildman–Crippen LogP) is 0.279. The lowest BCUT2D eigenvalue weighted by Crippen LogP contribution is -2.00. The molecule has 0 saturated carbocycles. The van der Waals surface area contributed by atoms with E-state index in [4.69, 9.17) is 20.4 Å². The van der Waals surface area contributed by atoms with Crippen LogP contribution in [0.25, 0.3) is 0 Å². The van der Waals surface area contributed by atoms with Gasteiger partial charge in [0.2, 0.25) is 0 Å². The Bertz CT molecular complexity index is 94.1. The van der Waals surface area contributed by atoms with E-state index in [9.17, 15) is 0 Å². The molecule has 0 fully saturated rings. The van der Waals surface area contributed by atoms with Crippen molar-refractivity contribution in [3.8, 4) is 0 Å². The number of unbranched alkanes of at least 4 members (excludes halogenated alkanes) is 1. The Hall–Kier alpha value is -0.160. The third-order valence-electron chi connectivity index (χ3n) is 1.58. The molecule has 0 aromatic rings. The topological polar surface area (TPSA) is 80.9 Å². The number of aliphatic hydroxyl groups is 4. The molecule has 0 aliphatic rings. The van der Waals surface area contributed by atoms with E-state index in [2.05, 4.69) is 0 Å². The van der Waals surface area contributed by atoms with Gasteiger partial charge in [-0.2, -0.15) is 0 Å². The van der Waals surface area contributed by atoms with Crippen LogP contribution in [0.5, 0.6) is 0 Å². The predicted molar refractivity (Wildman–Crippen MR) is 56.0 cm³/mol. The van der Waals surface area contributed by atoms with E-state index >= 15 is 0 Å². The van der Waals surface area contributed by atoms with E-state index in [0.717, 1.165) is 19.3 Å². The minimum atomic E-state index is -0.352. The van der Waals surface area contributed by atoms with E-state index < -0.39 is 0 Å². The molecule has 0 bridgehead atoms. The number of aliphatic hydroxyl groups excluding tert-OH is 4. The Labute approximate surface area is 86.2 Å². The number of rotatable bonds is 6. The maximum Gasteiger partial charge on any atom is 0.0533 e. The SMILES string of the molecule is CC(O)CCCCO.CC(O)CCO. The average Bonchev–Trinajstić information content (AvgIpc) is 2.05. The Balaban J connectivity index is 0. The fourth-order valence-corrected chi connectivity index (χ4v) is 0.738. The van der Waals surface area contributed by atoms with Crippen LogP contribution in [0.4, 0.5) is 0 Å². The summed E-state index contributed by atoms with van der Waals surface area (Å²) in [7, 11) is 0. The second kappa shape index (κ2) is 12.8. The highest BCUT2D eigenvalue weighted by Crippen LogP contribution is 1.97. The van der Waals surface area contributed by atoms with Gasteiger partial charge in [0, 0.05) is 13.2 Å². The molecule has 0 rings (SSSR count). The van der Waals surface area contributed by atoms with Crippen LogP contribution >= 0.6 is 0 Å². The molecule has 0 heterocycles. The monoisotopic (exact) mass is 208 g/mol. The highest BCUT2D eigenvalue weighted by atomic mass is 16.3. The molecule has 0 radical (unpaired) electrons. The van der Waals surface area contributed by atoms with E-state index in [0.29, 0.717) is 6.42 Å². The van der Waals surface area contributed by atoms with Crippen molar-refractivity contribution in [2.45, 2.75) is 51.7 Å². The minimum absolute atomic E-state index is 0.0810. The number of hydrogen-bond acceptors (Lipinski definition) is 4. The highest BCUT2D eigenvalue weighted by molar-refractivity contribution is 4.46. The molecule has 4 heteroatoms. The zero-order chi connectivity index (χ0) is 11.4. The normalized spacial score (nSPS) is 14.1. The molecule has 0 amide bonds. The van der Waals surface area contributed by atoms with Gasteiger partial charge in [-0.1, -0.05) is 0 Å². The van der Waals surface area contributed by atoms with Crippen LogP contribution in [0, 0.1) is 0 Å². The molecule has 2 unspecified atom stereocenters. The zero-order valence-electron chi connectivity index (χ0n) is 9.19. The molecule has 0 spiro atoms. The molecular formula is C10H24O4. The van der Waals surface area contributed by atoms with Gasteiger partial charge in [-0.25, -0.2) is 0 Å². The van der Waals surface area contributed by atoms with Crippen molar-refractivity contribution in [1.82, 2.24) is 0 Å². The quantitative estimate of drug-likeness (QED) is 0.473. The van der Waals surface area contributed by atoms with Crippen LogP contribution in [0.15, 0.2) is 0 Å². The van der Waals surface area contributed by atoms with Crippen molar-refractivity contribution in [3.05, 3.63) is 0 Å². The molecular weight excluding hydrogens is 184 g/mol. The van der Waals surface area contributed by atoms with Crippen molar-refractivity contribution in [2.75, 3.05) is 13.2 Å². The van der Waals surface area contributed by atoms with Crippen molar-refractivity contribution >= 4 is 0 Å². The third kappa shape index (κ3) is 22.6. The molecule has 88 valence electrons. The maximum atomic E-state index is 8.70. The Morgan fingerprint density at radius 3 is 1.50 bits per heavy atom. The summed E-state index contributed by atoms with van der Waals surface area (Å²) in [6.07, 6.45) is 2.47. The summed E-state index contributed by atoms with van der Waals surface area (Å²) in [6, 6.07) is 0. The van der Waals surface area contributed by atoms with E-state index in [1.807, 2.05) is 0 Å². The van der Waals surface area contributed by atoms with Crippen molar-refractivity contribution in [1.29, 1.82) is 0 Å². The molecule has 2 atom stereocenters. The molecule has 0 aliphatic heterocycles. The zero-order valence-corrected chi connectivity index (χ0v) is 9.19. The van der Waals surface area contributed by atoms with Crippen LogP contribution in [-0.4, -0.2) is 45.8 Å². The highest BCUT2D eigenvalue weighted by Gasteiger charge is 1.92. The van der Waals surface area contributed by atoms with Gasteiger partial charge in [0.1, 0.15) is 0 Å². The van der Waals surface area contributed by atoms with Gasteiger partial charge >= 0.3 is 0 Å². The summed E-state index contributed by atoms with van der Waals surface area (Å²) < 4.78 is 0. The fourth-order valence-electron chi connectivity index (χ4n) is 0.738. The second-order valence-electron chi connectivity index (χ2n) is 3.43. The first-order chi connectivity index (χ1) is 6.54. The first kappa shape index (κ1) is 16.3. The van der Waals surface area contributed by atoms with Gasteiger partial charge < -0.3 is 20.4 Å². The van der Waals surface area contributed by atoms with Gasteiger partial charge in [0.05, 0.1) is 12.2 Å².